The van der Waals surface area contributed by atoms with Crippen molar-refractivity contribution in [3.63, 3.8) is 0 Å². The molecule has 0 aliphatic carbocycles. The van der Waals surface area contributed by atoms with Gasteiger partial charge in [-0.2, -0.15) is 5.26 Å². The van der Waals surface area contributed by atoms with E-state index >= 15 is 0 Å². The van der Waals surface area contributed by atoms with Crippen molar-refractivity contribution in [3.8, 4) is 6.07 Å². The van der Waals surface area contributed by atoms with Crippen LogP contribution in [0.5, 0.6) is 0 Å². The van der Waals surface area contributed by atoms with E-state index < -0.39 is 11.1 Å². The molecule has 1 aliphatic heterocycles. The smallest absolute Gasteiger partial charge is 0.229 e. The van der Waals surface area contributed by atoms with Gasteiger partial charge in [-0.15, -0.1) is 11.3 Å². The Morgan fingerprint density at radius 1 is 1.30 bits per heavy atom. The molecule has 170 valence electrons. The van der Waals surface area contributed by atoms with E-state index in [1.807, 2.05) is 6.07 Å². The minimum absolute atomic E-state index is 0.0707. The summed E-state index contributed by atoms with van der Waals surface area (Å²) in [6.07, 6.45) is 0.814. The maximum absolute atomic E-state index is 13.6. The molecule has 0 bridgehead atoms. The summed E-state index contributed by atoms with van der Waals surface area (Å²) in [6, 6.07) is 15.1. The van der Waals surface area contributed by atoms with Gasteiger partial charge in [0.25, 0.3) is 0 Å². The minimum atomic E-state index is -2.31. The molecule has 9 heteroatoms. The zero-order chi connectivity index (χ0) is 23.5. The van der Waals surface area contributed by atoms with Gasteiger partial charge in [0, 0.05) is 34.5 Å². The van der Waals surface area contributed by atoms with Crippen molar-refractivity contribution in [1.29, 1.82) is 5.26 Å². The molecule has 2 atom stereocenters. The molecule has 2 aromatic carbocycles. The number of benzene rings is 2. The average molecular weight is 483 g/mol. The van der Waals surface area contributed by atoms with Crippen molar-refractivity contribution >= 4 is 33.3 Å². The summed E-state index contributed by atoms with van der Waals surface area (Å²) in [5, 5.41) is 13.2. The molecule has 1 N–H and O–H groups in total. The van der Waals surface area contributed by atoms with E-state index in [0.29, 0.717) is 29.2 Å². The quantitative estimate of drug-likeness (QED) is 0.533. The Morgan fingerprint density at radius 3 is 2.73 bits per heavy atom. The van der Waals surface area contributed by atoms with E-state index in [1.165, 1.54) is 35.6 Å². The van der Waals surface area contributed by atoms with Crippen LogP contribution in [0.15, 0.2) is 53.4 Å². The zero-order valence-corrected chi connectivity index (χ0v) is 19.5. The van der Waals surface area contributed by atoms with Gasteiger partial charge in [0.05, 0.1) is 12.0 Å². The van der Waals surface area contributed by atoms with Gasteiger partial charge in [-0.3, -0.25) is 13.9 Å². The number of nitrogens with zero attached hydrogens (tertiary/aromatic N) is 2. The number of rotatable bonds is 6. The molecule has 1 aliphatic rings. The standard InChI is InChI=1S/C24H22FN3O3S2/c1-15-9-22-21(14-28(15)13-17-3-2-4-18(25)10-17)20(12-26)24(32-22)27-23(29)11-16-5-7-19(8-6-16)33(30)31/h2-8,10,15H,9,11,13-14H2,1H3,(H,27,29)(H,30,31)/p-1. The van der Waals surface area contributed by atoms with Crippen LogP contribution < -0.4 is 5.32 Å². The molecule has 0 spiro atoms. The molecule has 2 unspecified atom stereocenters. The monoisotopic (exact) mass is 482 g/mol. The first-order valence-electron chi connectivity index (χ1n) is 10.3. The van der Waals surface area contributed by atoms with Gasteiger partial charge >= 0.3 is 0 Å². The van der Waals surface area contributed by atoms with Crippen molar-refractivity contribution < 1.29 is 17.9 Å². The molecule has 0 saturated heterocycles. The van der Waals surface area contributed by atoms with E-state index in [9.17, 15) is 23.2 Å². The summed E-state index contributed by atoms with van der Waals surface area (Å²) in [4.78, 5) is 16.0. The fourth-order valence-corrected chi connectivity index (χ4v) is 5.62. The van der Waals surface area contributed by atoms with E-state index in [4.69, 9.17) is 0 Å². The lowest BCUT2D eigenvalue weighted by atomic mass is 9.99. The Bertz CT molecular complexity index is 1250. The lowest BCUT2D eigenvalue weighted by molar-refractivity contribution is -0.115. The molecule has 1 amide bonds. The van der Waals surface area contributed by atoms with Crippen molar-refractivity contribution in [1.82, 2.24) is 4.90 Å². The highest BCUT2D eigenvalue weighted by Gasteiger charge is 2.29. The molecule has 2 heterocycles. The fourth-order valence-electron chi connectivity index (χ4n) is 3.96. The summed E-state index contributed by atoms with van der Waals surface area (Å²) in [5.74, 6) is -0.544. The van der Waals surface area contributed by atoms with Gasteiger partial charge < -0.3 is 9.87 Å². The third-order valence-electron chi connectivity index (χ3n) is 5.68. The normalized spacial score (nSPS) is 16.6. The minimum Gasteiger partial charge on any atom is -0.768 e. The summed E-state index contributed by atoms with van der Waals surface area (Å²) in [7, 11) is 0. The van der Waals surface area contributed by atoms with Gasteiger partial charge in [-0.05, 0) is 59.8 Å². The number of nitrogens with one attached hydrogen (secondary N) is 1. The molecule has 6 nitrogen and oxygen atoms in total. The molecule has 0 saturated carbocycles. The summed E-state index contributed by atoms with van der Waals surface area (Å²) >= 11 is -0.886. The number of fused-ring (bicyclic) bond motifs is 1. The van der Waals surface area contributed by atoms with Crippen LogP contribution in [0.25, 0.3) is 0 Å². The highest BCUT2D eigenvalue weighted by Crippen LogP contribution is 2.38. The summed E-state index contributed by atoms with van der Waals surface area (Å²) in [5.41, 5.74) is 2.93. The summed E-state index contributed by atoms with van der Waals surface area (Å²) in [6.45, 7) is 3.23. The highest BCUT2D eigenvalue weighted by atomic mass is 32.2. The largest absolute Gasteiger partial charge is 0.768 e. The lowest BCUT2D eigenvalue weighted by Gasteiger charge is -2.33. The van der Waals surface area contributed by atoms with Crippen LogP contribution in [0.4, 0.5) is 9.39 Å². The number of nitriles is 1. The van der Waals surface area contributed by atoms with Gasteiger partial charge in [0.2, 0.25) is 5.91 Å². The predicted octanol–water partition coefficient (Wildman–Crippen LogP) is 4.12. The van der Waals surface area contributed by atoms with Crippen LogP contribution in [0.1, 0.15) is 34.1 Å². The second-order valence-corrected chi connectivity index (χ2v) is 10.1. The number of anilines is 1. The highest BCUT2D eigenvalue weighted by molar-refractivity contribution is 7.79. The first kappa shape index (κ1) is 23.3. The third-order valence-corrected chi connectivity index (χ3v) is 7.50. The second kappa shape index (κ2) is 9.93. The third kappa shape index (κ3) is 5.37. The van der Waals surface area contributed by atoms with Gasteiger partial charge in [-0.1, -0.05) is 24.3 Å². The zero-order valence-electron chi connectivity index (χ0n) is 17.8. The van der Waals surface area contributed by atoms with Crippen molar-refractivity contribution in [2.45, 2.75) is 43.8 Å². The first-order chi connectivity index (χ1) is 15.8. The number of thiophene rings is 1. The van der Waals surface area contributed by atoms with Crippen LogP contribution in [0.2, 0.25) is 0 Å². The van der Waals surface area contributed by atoms with Gasteiger partial charge in [0.1, 0.15) is 16.9 Å². The molecule has 0 radical (unpaired) electrons. The van der Waals surface area contributed by atoms with Crippen molar-refractivity contribution in [3.05, 3.63) is 81.5 Å². The Kier molecular flexibility index (Phi) is 7.00. The van der Waals surface area contributed by atoms with E-state index in [2.05, 4.69) is 23.2 Å². The maximum Gasteiger partial charge on any atom is 0.229 e. The Labute approximate surface area is 198 Å². The van der Waals surface area contributed by atoms with Crippen molar-refractivity contribution in [2.75, 3.05) is 5.32 Å². The fraction of sp³-hybridized carbons (Fsp3) is 0.250. The van der Waals surface area contributed by atoms with Crippen molar-refractivity contribution in [2.24, 2.45) is 0 Å². The van der Waals surface area contributed by atoms with E-state index in [0.717, 1.165) is 22.4 Å². The number of carbonyl (C=O) groups excluding carboxylic acids is 1. The topological polar surface area (TPSA) is 96.3 Å². The Balaban J connectivity index is 1.48. The van der Waals surface area contributed by atoms with E-state index in [-0.39, 0.29) is 29.1 Å². The second-order valence-electron chi connectivity index (χ2n) is 8.01. The predicted molar refractivity (Wildman–Crippen MR) is 124 cm³/mol. The molecular formula is C24H21FN3O3S2-. The number of amides is 1. The SMILES string of the molecule is CC1Cc2sc(NC(=O)Cc3ccc(S(=O)[O-])cc3)c(C#N)c2CN1Cc1cccc(F)c1. The maximum atomic E-state index is 13.6. The molecule has 1 aromatic heterocycles. The molecule has 4 rings (SSSR count). The number of carbonyl (C=O) groups is 1. The lowest BCUT2D eigenvalue weighted by Crippen LogP contribution is -2.37. The van der Waals surface area contributed by atoms with E-state index in [1.54, 1.807) is 18.2 Å². The first-order valence-corrected chi connectivity index (χ1v) is 12.2. The Hall–Kier alpha value is -2.90. The van der Waals surface area contributed by atoms with Crippen LogP contribution in [0.3, 0.4) is 0 Å². The Morgan fingerprint density at radius 2 is 2.06 bits per heavy atom. The van der Waals surface area contributed by atoms with Crippen LogP contribution in [-0.4, -0.2) is 25.6 Å². The molecular weight excluding hydrogens is 461 g/mol. The number of halogens is 1. The number of hydrogen-bond donors (Lipinski definition) is 1. The molecule has 3 aromatic rings. The van der Waals surface area contributed by atoms with Crippen LogP contribution in [-0.2, 0) is 41.8 Å². The van der Waals surface area contributed by atoms with Crippen LogP contribution >= 0.6 is 11.3 Å². The average Bonchev–Trinajstić information content (AvgIpc) is 3.09. The van der Waals surface area contributed by atoms with Gasteiger partial charge in [-0.25, -0.2) is 4.39 Å². The van der Waals surface area contributed by atoms with Crippen LogP contribution in [0, 0.1) is 17.1 Å². The molecule has 33 heavy (non-hydrogen) atoms. The summed E-state index contributed by atoms with van der Waals surface area (Å²) < 4.78 is 35.5. The number of hydrogen-bond acceptors (Lipinski definition) is 6. The van der Waals surface area contributed by atoms with Gasteiger partial charge in [0.15, 0.2) is 0 Å². The molecule has 0 fully saturated rings.